The smallest absolute Gasteiger partial charge is 0.0241 e. The maximum atomic E-state index is 5.73. The van der Waals surface area contributed by atoms with Gasteiger partial charge in [-0.3, -0.25) is 0 Å². The molecule has 0 radical (unpaired) electrons. The first kappa shape index (κ1) is 12.7. The van der Waals surface area contributed by atoms with Crippen molar-refractivity contribution in [1.29, 1.82) is 0 Å². The molecule has 1 unspecified atom stereocenters. The number of hydrogen-bond donors (Lipinski definition) is 1. The molecule has 1 aromatic carbocycles. The van der Waals surface area contributed by atoms with Gasteiger partial charge in [-0.15, -0.1) is 0 Å². The van der Waals surface area contributed by atoms with E-state index in [1.807, 2.05) is 13.0 Å². The highest BCUT2D eigenvalue weighted by Gasteiger charge is 2.04. The summed E-state index contributed by atoms with van der Waals surface area (Å²) in [4.78, 5) is 2.30. The number of benzene rings is 1. The molecule has 0 aliphatic rings. The lowest BCUT2D eigenvalue weighted by atomic mass is 10.2. The van der Waals surface area contributed by atoms with Gasteiger partial charge >= 0.3 is 0 Å². The van der Waals surface area contributed by atoms with Gasteiger partial charge in [-0.1, -0.05) is 34.1 Å². The molecule has 0 bridgehead atoms. The van der Waals surface area contributed by atoms with E-state index in [-0.39, 0.29) is 6.04 Å². The second-order valence-corrected chi connectivity index (χ2v) is 4.95. The van der Waals surface area contributed by atoms with Gasteiger partial charge in [-0.25, -0.2) is 0 Å². The molecule has 0 spiro atoms. The van der Waals surface area contributed by atoms with E-state index in [0.717, 1.165) is 19.5 Å². The van der Waals surface area contributed by atoms with Crippen LogP contribution in [0.15, 0.2) is 28.7 Å². The van der Waals surface area contributed by atoms with Crippen LogP contribution in [0.4, 0.5) is 0 Å². The molecule has 0 saturated carbocycles. The van der Waals surface area contributed by atoms with Gasteiger partial charge in [0.1, 0.15) is 0 Å². The molecule has 0 fully saturated rings. The van der Waals surface area contributed by atoms with Gasteiger partial charge in [0.05, 0.1) is 0 Å². The maximum Gasteiger partial charge on any atom is 0.0241 e. The Hall–Kier alpha value is -0.380. The van der Waals surface area contributed by atoms with Crippen LogP contribution in [-0.4, -0.2) is 24.5 Å². The zero-order valence-corrected chi connectivity index (χ0v) is 11.0. The van der Waals surface area contributed by atoms with Gasteiger partial charge in [0.25, 0.3) is 0 Å². The molecule has 2 N–H and O–H groups in total. The summed E-state index contributed by atoms with van der Waals surface area (Å²) in [5.41, 5.74) is 7.05. The van der Waals surface area contributed by atoms with Crippen LogP contribution in [-0.2, 0) is 6.54 Å². The molecule has 0 aliphatic carbocycles. The van der Waals surface area contributed by atoms with Crippen molar-refractivity contribution in [2.24, 2.45) is 5.73 Å². The Morgan fingerprint density at radius 2 is 2.07 bits per heavy atom. The average molecular weight is 271 g/mol. The van der Waals surface area contributed by atoms with Gasteiger partial charge in [-0.2, -0.15) is 0 Å². The fraction of sp³-hybridized carbons (Fsp3) is 0.500. The average Bonchev–Trinajstić information content (AvgIpc) is 2.18. The van der Waals surface area contributed by atoms with Gasteiger partial charge in [0.15, 0.2) is 0 Å². The summed E-state index contributed by atoms with van der Waals surface area (Å²) in [6, 6.07) is 8.61. The number of nitrogens with two attached hydrogens (primary N) is 1. The number of halogens is 1. The predicted molar refractivity (Wildman–Crippen MR) is 68.7 cm³/mol. The third-order valence-electron chi connectivity index (χ3n) is 2.36. The van der Waals surface area contributed by atoms with E-state index in [2.05, 4.69) is 46.1 Å². The van der Waals surface area contributed by atoms with E-state index in [1.165, 1.54) is 10.0 Å². The fourth-order valence-electron chi connectivity index (χ4n) is 1.42. The first-order valence-corrected chi connectivity index (χ1v) is 6.06. The molecular weight excluding hydrogens is 252 g/mol. The minimum absolute atomic E-state index is 0.284. The highest BCUT2D eigenvalue weighted by molar-refractivity contribution is 9.10. The standard InChI is InChI=1S/C12H19BrN2/c1-10(14)7-8-15(2)9-11-5-3-4-6-12(11)13/h3-6,10H,7-9,14H2,1-2H3. The Kier molecular flexibility index (Phi) is 5.29. The van der Waals surface area contributed by atoms with Crippen molar-refractivity contribution in [2.45, 2.75) is 25.9 Å². The fourth-order valence-corrected chi connectivity index (χ4v) is 1.83. The Bertz CT molecular complexity index is 299. The monoisotopic (exact) mass is 270 g/mol. The van der Waals surface area contributed by atoms with Crippen molar-refractivity contribution < 1.29 is 0 Å². The summed E-state index contributed by atoms with van der Waals surface area (Å²) < 4.78 is 1.18. The van der Waals surface area contributed by atoms with E-state index >= 15 is 0 Å². The molecule has 0 aliphatic heterocycles. The van der Waals surface area contributed by atoms with E-state index in [9.17, 15) is 0 Å². The van der Waals surface area contributed by atoms with Crippen molar-refractivity contribution in [3.63, 3.8) is 0 Å². The summed E-state index contributed by atoms with van der Waals surface area (Å²) >= 11 is 3.55. The van der Waals surface area contributed by atoms with Crippen LogP contribution in [0.5, 0.6) is 0 Å². The number of hydrogen-bond acceptors (Lipinski definition) is 2. The lowest BCUT2D eigenvalue weighted by Gasteiger charge is -2.18. The van der Waals surface area contributed by atoms with Crippen LogP contribution in [0, 0.1) is 0 Å². The van der Waals surface area contributed by atoms with E-state index in [0.29, 0.717) is 0 Å². The van der Waals surface area contributed by atoms with E-state index in [1.54, 1.807) is 0 Å². The lowest BCUT2D eigenvalue weighted by molar-refractivity contribution is 0.313. The summed E-state index contributed by atoms with van der Waals surface area (Å²) in [5.74, 6) is 0. The Morgan fingerprint density at radius 3 is 2.67 bits per heavy atom. The molecule has 2 nitrogen and oxygen atoms in total. The normalized spacial score (nSPS) is 13.1. The molecule has 0 heterocycles. The third-order valence-corrected chi connectivity index (χ3v) is 3.14. The second kappa shape index (κ2) is 6.26. The van der Waals surface area contributed by atoms with Crippen molar-refractivity contribution in [1.82, 2.24) is 4.90 Å². The first-order valence-electron chi connectivity index (χ1n) is 5.27. The SMILES string of the molecule is CC(N)CCN(C)Cc1ccccc1Br. The highest BCUT2D eigenvalue weighted by atomic mass is 79.9. The van der Waals surface area contributed by atoms with Gasteiger partial charge in [-0.05, 0) is 38.6 Å². The summed E-state index contributed by atoms with van der Waals surface area (Å²) in [7, 11) is 2.13. The number of rotatable bonds is 5. The largest absolute Gasteiger partial charge is 0.328 e. The topological polar surface area (TPSA) is 29.3 Å². The van der Waals surface area contributed by atoms with Crippen LogP contribution >= 0.6 is 15.9 Å². The first-order chi connectivity index (χ1) is 7.09. The van der Waals surface area contributed by atoms with Crippen molar-refractivity contribution in [2.75, 3.05) is 13.6 Å². The van der Waals surface area contributed by atoms with Crippen LogP contribution in [0.3, 0.4) is 0 Å². The summed E-state index contributed by atoms with van der Waals surface area (Å²) in [6.45, 7) is 4.05. The minimum Gasteiger partial charge on any atom is -0.328 e. The Balaban J connectivity index is 2.44. The summed E-state index contributed by atoms with van der Waals surface area (Å²) in [5, 5.41) is 0. The van der Waals surface area contributed by atoms with Crippen LogP contribution in [0.2, 0.25) is 0 Å². The Labute approximate surface area is 101 Å². The molecule has 1 atom stereocenters. The predicted octanol–water partition coefficient (Wildman–Crippen LogP) is 2.62. The zero-order chi connectivity index (χ0) is 11.3. The van der Waals surface area contributed by atoms with Crippen molar-refractivity contribution in [3.8, 4) is 0 Å². The molecular formula is C12H19BrN2. The minimum atomic E-state index is 0.284. The molecule has 1 rings (SSSR count). The zero-order valence-electron chi connectivity index (χ0n) is 9.41. The van der Waals surface area contributed by atoms with E-state index < -0.39 is 0 Å². The summed E-state index contributed by atoms with van der Waals surface area (Å²) in [6.07, 6.45) is 1.04. The molecule has 0 saturated heterocycles. The van der Waals surface area contributed by atoms with E-state index in [4.69, 9.17) is 5.73 Å². The lowest BCUT2D eigenvalue weighted by Crippen LogP contribution is -2.25. The highest BCUT2D eigenvalue weighted by Crippen LogP contribution is 2.17. The molecule has 84 valence electrons. The quantitative estimate of drug-likeness (QED) is 0.892. The maximum absolute atomic E-state index is 5.73. The molecule has 1 aromatic rings. The van der Waals surface area contributed by atoms with Crippen LogP contribution in [0.1, 0.15) is 18.9 Å². The van der Waals surface area contributed by atoms with Gasteiger partial charge in [0.2, 0.25) is 0 Å². The molecule has 0 aromatic heterocycles. The molecule has 3 heteroatoms. The van der Waals surface area contributed by atoms with Crippen LogP contribution < -0.4 is 5.73 Å². The molecule has 0 amide bonds. The van der Waals surface area contributed by atoms with Gasteiger partial charge < -0.3 is 10.6 Å². The van der Waals surface area contributed by atoms with Crippen molar-refractivity contribution >= 4 is 15.9 Å². The molecule has 15 heavy (non-hydrogen) atoms. The number of nitrogens with zero attached hydrogens (tertiary/aromatic N) is 1. The second-order valence-electron chi connectivity index (χ2n) is 4.10. The van der Waals surface area contributed by atoms with Crippen LogP contribution in [0.25, 0.3) is 0 Å². The van der Waals surface area contributed by atoms with Crippen molar-refractivity contribution in [3.05, 3.63) is 34.3 Å². The van der Waals surface area contributed by atoms with Gasteiger partial charge in [0, 0.05) is 17.1 Å². The Morgan fingerprint density at radius 1 is 1.40 bits per heavy atom. The third kappa shape index (κ3) is 4.78.